The van der Waals surface area contributed by atoms with Gasteiger partial charge in [-0.1, -0.05) is 92.5 Å². The second-order valence-corrected chi connectivity index (χ2v) is 13.8. The van der Waals surface area contributed by atoms with Crippen molar-refractivity contribution in [1.29, 1.82) is 0 Å². The molecule has 0 saturated heterocycles. The van der Waals surface area contributed by atoms with Crippen molar-refractivity contribution in [3.63, 3.8) is 0 Å². The normalized spacial score (nSPS) is 14.8. The van der Waals surface area contributed by atoms with Gasteiger partial charge in [-0.05, 0) is 79.8 Å². The van der Waals surface area contributed by atoms with Crippen LogP contribution in [-0.4, -0.2) is 21.4 Å². The van der Waals surface area contributed by atoms with E-state index in [1.165, 1.54) is 16.7 Å². The van der Waals surface area contributed by atoms with E-state index < -0.39 is 35.4 Å². The molecule has 0 bridgehead atoms. The van der Waals surface area contributed by atoms with E-state index in [1.54, 1.807) is 12.4 Å². The Morgan fingerprint density at radius 3 is 2.22 bits per heavy atom. The van der Waals surface area contributed by atoms with E-state index in [4.69, 9.17) is 28.9 Å². The molecule has 2 aromatic heterocycles. The SMILES string of the molecule is CC(C)C[C@H](C(=O)n1cc([C@H](C)c2c(Cl)ccc(F)c2Cl)c2cc(Br)cnc21)C(C(N)=O)C1c2ccccc2-c2ccccc21. The summed E-state index contributed by atoms with van der Waals surface area (Å²) in [7, 11) is 0. The molecule has 1 aliphatic rings. The van der Waals surface area contributed by atoms with Gasteiger partial charge < -0.3 is 5.73 Å². The van der Waals surface area contributed by atoms with Gasteiger partial charge in [0.2, 0.25) is 11.8 Å². The zero-order chi connectivity index (χ0) is 32.2. The van der Waals surface area contributed by atoms with Gasteiger partial charge in [-0.2, -0.15) is 0 Å². The molecule has 1 aliphatic carbocycles. The molecule has 5 nitrogen and oxygen atoms in total. The third-order valence-electron chi connectivity index (χ3n) is 8.90. The molecule has 1 amide bonds. The maximum Gasteiger partial charge on any atom is 0.236 e. The van der Waals surface area contributed by atoms with Gasteiger partial charge in [0, 0.05) is 39.1 Å². The number of hydrogen-bond donors (Lipinski definition) is 1. The van der Waals surface area contributed by atoms with E-state index in [0.717, 1.165) is 22.3 Å². The molecule has 3 atom stereocenters. The number of nitrogens with two attached hydrogens (primary N) is 1. The van der Waals surface area contributed by atoms with E-state index in [0.29, 0.717) is 38.1 Å². The molecule has 0 aliphatic heterocycles. The molecule has 2 heterocycles. The minimum Gasteiger partial charge on any atom is -0.369 e. The van der Waals surface area contributed by atoms with Gasteiger partial charge in [0.25, 0.3) is 0 Å². The second kappa shape index (κ2) is 12.3. The van der Waals surface area contributed by atoms with Crippen molar-refractivity contribution in [2.75, 3.05) is 0 Å². The molecule has 5 aromatic rings. The van der Waals surface area contributed by atoms with Crippen molar-refractivity contribution in [1.82, 2.24) is 9.55 Å². The standard InChI is InChI=1S/C36H31BrCl2FN3O2/c1-18(2)14-26(32(34(41)44)31-23-10-6-4-8-21(23)22-9-5-7-11-24(22)31)36(45)43-17-27(25-15-20(37)16-42-35(25)43)19(3)30-28(38)12-13-29(40)33(30)39/h4-13,15-19,26,31-32H,14H2,1-3H3,(H2,41,44)/t19-,26-,32?/m0/s1. The molecule has 2 N–H and O–H groups in total. The summed E-state index contributed by atoms with van der Waals surface area (Å²) < 4.78 is 16.8. The quantitative estimate of drug-likeness (QED) is 0.163. The molecular weight excluding hydrogens is 676 g/mol. The lowest BCUT2D eigenvalue weighted by atomic mass is 9.73. The van der Waals surface area contributed by atoms with Crippen LogP contribution in [0.1, 0.15) is 66.1 Å². The lowest BCUT2D eigenvalue weighted by Gasteiger charge is -2.31. The highest BCUT2D eigenvalue weighted by Gasteiger charge is 2.44. The van der Waals surface area contributed by atoms with Crippen LogP contribution in [-0.2, 0) is 4.79 Å². The first-order chi connectivity index (χ1) is 21.5. The summed E-state index contributed by atoms with van der Waals surface area (Å²) in [5.74, 6) is -3.80. The second-order valence-electron chi connectivity index (χ2n) is 12.1. The summed E-state index contributed by atoms with van der Waals surface area (Å²) in [6, 6.07) is 20.5. The molecule has 0 saturated carbocycles. The van der Waals surface area contributed by atoms with E-state index in [9.17, 15) is 14.0 Å². The fraction of sp³-hybridized carbons (Fsp3) is 0.250. The number of nitrogens with zero attached hydrogens (tertiary/aromatic N) is 2. The first-order valence-electron chi connectivity index (χ1n) is 14.8. The van der Waals surface area contributed by atoms with Crippen LogP contribution in [0.2, 0.25) is 10.0 Å². The van der Waals surface area contributed by atoms with Crippen molar-refractivity contribution >= 4 is 62.0 Å². The third-order valence-corrected chi connectivity index (χ3v) is 10.1. The zero-order valence-electron chi connectivity index (χ0n) is 24.9. The molecule has 0 radical (unpaired) electrons. The van der Waals surface area contributed by atoms with Crippen LogP contribution in [0.3, 0.4) is 0 Å². The predicted molar refractivity (Wildman–Crippen MR) is 181 cm³/mol. The molecule has 0 spiro atoms. The first-order valence-corrected chi connectivity index (χ1v) is 16.4. The smallest absolute Gasteiger partial charge is 0.236 e. The average molecular weight is 707 g/mol. The van der Waals surface area contributed by atoms with Crippen LogP contribution < -0.4 is 5.73 Å². The summed E-state index contributed by atoms with van der Waals surface area (Å²) in [5, 5.41) is 0.918. The fourth-order valence-corrected chi connectivity index (χ4v) is 8.01. The largest absolute Gasteiger partial charge is 0.369 e. The summed E-state index contributed by atoms with van der Waals surface area (Å²) in [6.45, 7) is 5.92. The molecule has 9 heteroatoms. The molecule has 45 heavy (non-hydrogen) atoms. The highest BCUT2D eigenvalue weighted by Crippen LogP contribution is 2.51. The maximum atomic E-state index is 14.9. The molecule has 6 rings (SSSR count). The zero-order valence-corrected chi connectivity index (χ0v) is 28.0. The molecule has 1 unspecified atom stereocenters. The van der Waals surface area contributed by atoms with E-state index in [1.807, 2.05) is 75.4 Å². The molecule has 3 aromatic carbocycles. The van der Waals surface area contributed by atoms with Gasteiger partial charge in [-0.3, -0.25) is 14.2 Å². The Morgan fingerprint density at radius 2 is 1.62 bits per heavy atom. The van der Waals surface area contributed by atoms with Crippen LogP contribution in [0.15, 0.2) is 83.6 Å². The Morgan fingerprint density at radius 1 is 1.00 bits per heavy atom. The number of halogens is 4. The van der Waals surface area contributed by atoms with Crippen LogP contribution in [0, 0.1) is 23.6 Å². The van der Waals surface area contributed by atoms with E-state index in [2.05, 4.69) is 20.9 Å². The average Bonchev–Trinajstić information content (AvgIpc) is 3.54. The van der Waals surface area contributed by atoms with Crippen molar-refractivity contribution in [3.8, 4) is 11.1 Å². The molecule has 0 fully saturated rings. The number of carbonyl (C=O) groups is 2. The van der Waals surface area contributed by atoms with Gasteiger partial charge in [0.15, 0.2) is 0 Å². The van der Waals surface area contributed by atoms with Gasteiger partial charge in [0.05, 0.1) is 16.9 Å². The first kappa shape index (κ1) is 31.5. The fourth-order valence-electron chi connectivity index (χ4n) is 6.98. The summed E-state index contributed by atoms with van der Waals surface area (Å²) in [5.41, 5.74) is 11.8. The Hall–Kier alpha value is -3.52. The molecular formula is C36H31BrCl2FN3O2. The monoisotopic (exact) mass is 705 g/mol. The van der Waals surface area contributed by atoms with E-state index >= 15 is 0 Å². The highest BCUT2D eigenvalue weighted by molar-refractivity contribution is 9.10. The predicted octanol–water partition coefficient (Wildman–Crippen LogP) is 9.61. The van der Waals surface area contributed by atoms with Crippen LogP contribution in [0.25, 0.3) is 22.2 Å². The third kappa shape index (κ3) is 5.49. The number of hydrogen-bond acceptors (Lipinski definition) is 3. The van der Waals surface area contributed by atoms with Crippen molar-refractivity contribution in [2.24, 2.45) is 23.5 Å². The van der Waals surface area contributed by atoms with Crippen molar-refractivity contribution in [2.45, 2.75) is 39.0 Å². The minimum absolute atomic E-state index is 0.0739. The van der Waals surface area contributed by atoms with Crippen LogP contribution in [0.5, 0.6) is 0 Å². The van der Waals surface area contributed by atoms with Crippen molar-refractivity contribution in [3.05, 3.63) is 122 Å². The number of aromatic nitrogens is 2. The number of pyridine rings is 1. The number of primary amides is 1. The number of rotatable bonds is 8. The van der Waals surface area contributed by atoms with Crippen LogP contribution in [0.4, 0.5) is 4.39 Å². The number of amides is 1. The number of carbonyl (C=O) groups excluding carboxylic acids is 2. The van der Waals surface area contributed by atoms with Gasteiger partial charge >= 0.3 is 0 Å². The number of benzene rings is 3. The Labute approximate surface area is 279 Å². The Bertz CT molecular complexity index is 1930. The van der Waals surface area contributed by atoms with Crippen molar-refractivity contribution < 1.29 is 14.0 Å². The minimum atomic E-state index is -0.828. The Balaban J connectivity index is 1.52. The summed E-state index contributed by atoms with van der Waals surface area (Å²) in [4.78, 5) is 33.0. The number of fused-ring (bicyclic) bond motifs is 4. The summed E-state index contributed by atoms with van der Waals surface area (Å²) in [6.07, 6.45) is 3.77. The van der Waals surface area contributed by atoms with E-state index in [-0.39, 0.29) is 16.8 Å². The van der Waals surface area contributed by atoms with Gasteiger partial charge in [-0.25, -0.2) is 9.37 Å². The lowest BCUT2D eigenvalue weighted by Crippen LogP contribution is -2.40. The lowest BCUT2D eigenvalue weighted by molar-refractivity contribution is -0.123. The topological polar surface area (TPSA) is 78.0 Å². The highest BCUT2D eigenvalue weighted by atomic mass is 79.9. The Kier molecular flexibility index (Phi) is 8.63. The van der Waals surface area contributed by atoms with Crippen LogP contribution >= 0.6 is 39.1 Å². The summed E-state index contributed by atoms with van der Waals surface area (Å²) >= 11 is 16.5. The maximum absolute atomic E-state index is 14.9. The van der Waals surface area contributed by atoms with Gasteiger partial charge in [0.1, 0.15) is 11.5 Å². The van der Waals surface area contributed by atoms with Gasteiger partial charge in [-0.15, -0.1) is 0 Å². The molecule has 230 valence electrons.